The van der Waals surface area contributed by atoms with Gasteiger partial charge >= 0.3 is 24.1 Å². The molecule has 0 bridgehead atoms. The summed E-state index contributed by atoms with van der Waals surface area (Å²) in [6.45, 7) is 0.146. The zero-order valence-corrected chi connectivity index (χ0v) is 17.8. The minimum atomic E-state index is -5.27. The summed E-state index contributed by atoms with van der Waals surface area (Å²) >= 11 is 0. The Hall–Kier alpha value is -3.73. The van der Waals surface area contributed by atoms with Gasteiger partial charge in [-0.3, -0.25) is 9.59 Å². The molecule has 3 rings (SSSR count). The van der Waals surface area contributed by atoms with Gasteiger partial charge in [0.05, 0.1) is 17.0 Å². The molecule has 0 unspecified atom stereocenters. The maximum Gasteiger partial charge on any atom is 0.491 e. The summed E-state index contributed by atoms with van der Waals surface area (Å²) in [7, 11) is 0. The molecule has 0 atom stereocenters. The number of piperidine rings is 1. The van der Waals surface area contributed by atoms with Crippen molar-refractivity contribution in [3.05, 3.63) is 65.2 Å². The Morgan fingerprint density at radius 1 is 0.971 bits per heavy atom. The average Bonchev–Trinajstić information content (AvgIpc) is 2.83. The molecule has 0 saturated carbocycles. The molecule has 8 nitrogen and oxygen atoms in total. The Morgan fingerprint density at radius 2 is 1.62 bits per heavy atom. The third-order valence-corrected chi connectivity index (χ3v) is 5.26. The first-order chi connectivity index (χ1) is 16.1. The molecule has 1 fully saturated rings. The highest BCUT2D eigenvalue weighted by Crippen LogP contribution is 2.25. The minimum Gasteiger partial charge on any atom is -0.423 e. The molecule has 1 aliphatic heterocycles. The molecule has 1 aliphatic rings. The van der Waals surface area contributed by atoms with Crippen LogP contribution in [0.5, 0.6) is 5.75 Å². The summed E-state index contributed by atoms with van der Waals surface area (Å²) in [5.74, 6) is -5.80. The fourth-order valence-electron chi connectivity index (χ4n) is 3.45. The summed E-state index contributed by atoms with van der Waals surface area (Å²) in [6.07, 6.45) is -5.28. The highest BCUT2D eigenvalue weighted by Gasteiger charge is 2.43. The highest BCUT2D eigenvalue weighted by molar-refractivity contribution is 6.06. The third kappa shape index (κ3) is 5.98. The fourth-order valence-corrected chi connectivity index (χ4v) is 3.45. The quantitative estimate of drug-likeness (QED) is 0.399. The second-order valence-corrected chi connectivity index (χ2v) is 7.56. The molecule has 2 aromatic rings. The number of esters is 3. The molecular weight excluding hydrogens is 457 g/mol. The van der Waals surface area contributed by atoms with Crippen molar-refractivity contribution in [1.29, 1.82) is 0 Å². The number of rotatable bonds is 5. The van der Waals surface area contributed by atoms with Gasteiger partial charge in [-0.05, 0) is 42.7 Å². The molecule has 0 radical (unpaired) electrons. The van der Waals surface area contributed by atoms with E-state index in [0.717, 1.165) is 0 Å². The van der Waals surface area contributed by atoms with Gasteiger partial charge in [-0.25, -0.2) is 9.59 Å². The van der Waals surface area contributed by atoms with E-state index in [1.165, 1.54) is 17.0 Å². The summed E-state index contributed by atoms with van der Waals surface area (Å²) in [4.78, 5) is 50.1. The van der Waals surface area contributed by atoms with Gasteiger partial charge in [-0.1, -0.05) is 24.3 Å². The van der Waals surface area contributed by atoms with Crippen molar-refractivity contribution in [1.82, 2.24) is 4.90 Å². The van der Waals surface area contributed by atoms with Gasteiger partial charge in [0.25, 0.3) is 5.91 Å². The van der Waals surface area contributed by atoms with E-state index in [0.29, 0.717) is 11.3 Å². The molecule has 180 valence electrons. The third-order valence-electron chi connectivity index (χ3n) is 5.26. The lowest BCUT2D eigenvalue weighted by Crippen LogP contribution is -2.42. The fraction of sp³-hybridized carbons (Fsp3) is 0.304. The van der Waals surface area contributed by atoms with E-state index in [-0.39, 0.29) is 43.6 Å². The van der Waals surface area contributed by atoms with Crippen molar-refractivity contribution >= 4 is 23.8 Å². The molecule has 0 spiro atoms. The van der Waals surface area contributed by atoms with E-state index >= 15 is 0 Å². The molecular formula is C23H21F3N2O6. The van der Waals surface area contributed by atoms with Crippen LogP contribution in [-0.2, 0) is 20.9 Å². The number of carbonyl (C=O) groups excluding carboxylic acids is 4. The number of likely N-dealkylation sites (tertiary alicyclic amines) is 1. The number of nitrogens with zero attached hydrogens (tertiary/aromatic N) is 1. The van der Waals surface area contributed by atoms with Gasteiger partial charge in [-0.2, -0.15) is 13.2 Å². The van der Waals surface area contributed by atoms with Gasteiger partial charge in [0.15, 0.2) is 0 Å². The van der Waals surface area contributed by atoms with Gasteiger partial charge in [0.1, 0.15) is 5.75 Å². The maximum absolute atomic E-state index is 13.2. The molecule has 1 heterocycles. The van der Waals surface area contributed by atoms with E-state index in [4.69, 9.17) is 10.5 Å². The van der Waals surface area contributed by atoms with Gasteiger partial charge in [0.2, 0.25) is 0 Å². The lowest BCUT2D eigenvalue weighted by atomic mass is 9.95. The Morgan fingerprint density at radius 3 is 2.21 bits per heavy atom. The number of halogens is 3. The number of alkyl halides is 3. The Kier molecular flexibility index (Phi) is 7.67. The number of benzene rings is 2. The first-order valence-corrected chi connectivity index (χ1v) is 10.3. The van der Waals surface area contributed by atoms with Crippen LogP contribution in [0.2, 0.25) is 0 Å². The van der Waals surface area contributed by atoms with E-state index < -0.39 is 35.9 Å². The van der Waals surface area contributed by atoms with Crippen LogP contribution in [0.1, 0.15) is 39.1 Å². The van der Waals surface area contributed by atoms with Crippen LogP contribution < -0.4 is 10.5 Å². The Bertz CT molecular complexity index is 1080. The number of carbonyl (C=O) groups is 4. The van der Waals surface area contributed by atoms with Crippen LogP contribution in [0.3, 0.4) is 0 Å². The van der Waals surface area contributed by atoms with Crippen LogP contribution >= 0.6 is 0 Å². The summed E-state index contributed by atoms with van der Waals surface area (Å²) in [6, 6.07) is 12.8. The topological polar surface area (TPSA) is 116 Å². The second kappa shape index (κ2) is 10.5. The summed E-state index contributed by atoms with van der Waals surface area (Å²) < 4.78 is 46.2. The molecule has 1 amide bonds. The number of para-hydroxylation sites is 1. The maximum atomic E-state index is 13.2. The minimum absolute atomic E-state index is 0.00388. The van der Waals surface area contributed by atoms with Crippen molar-refractivity contribution in [2.75, 3.05) is 13.1 Å². The van der Waals surface area contributed by atoms with Crippen molar-refractivity contribution in [3.8, 4) is 5.75 Å². The van der Waals surface area contributed by atoms with Crippen molar-refractivity contribution in [2.24, 2.45) is 11.7 Å². The second-order valence-electron chi connectivity index (χ2n) is 7.56. The molecule has 34 heavy (non-hydrogen) atoms. The first-order valence-electron chi connectivity index (χ1n) is 10.3. The largest absolute Gasteiger partial charge is 0.491 e. The van der Waals surface area contributed by atoms with E-state index in [1.807, 2.05) is 0 Å². The SMILES string of the molecule is NCc1ccc(C(=O)Oc2ccccc2)c(C(=O)N2CCC(C(=O)OC(=O)C(F)(F)F)CC2)c1. The van der Waals surface area contributed by atoms with Gasteiger partial charge < -0.3 is 20.1 Å². The summed E-state index contributed by atoms with van der Waals surface area (Å²) in [5, 5.41) is 0. The predicted molar refractivity (Wildman–Crippen MR) is 112 cm³/mol. The standard InChI is InChI=1S/C23H21F3N2O6/c24-23(25,26)22(32)34-20(30)15-8-10-28(11-9-15)19(29)18-12-14(13-27)6-7-17(18)21(31)33-16-4-2-1-3-5-16/h1-7,12,15H,8-11,13,27H2. The molecule has 2 aromatic carbocycles. The zero-order valence-electron chi connectivity index (χ0n) is 17.8. The van der Waals surface area contributed by atoms with Gasteiger partial charge in [0, 0.05) is 19.6 Å². The molecule has 2 N–H and O–H groups in total. The first kappa shape index (κ1) is 24.9. The smallest absolute Gasteiger partial charge is 0.423 e. The Balaban J connectivity index is 1.71. The predicted octanol–water partition coefficient (Wildman–Crippen LogP) is 2.85. The van der Waals surface area contributed by atoms with Crippen LogP contribution in [0.4, 0.5) is 13.2 Å². The van der Waals surface area contributed by atoms with E-state index in [9.17, 15) is 32.3 Å². The average molecular weight is 478 g/mol. The van der Waals surface area contributed by atoms with Crippen molar-refractivity contribution in [3.63, 3.8) is 0 Å². The van der Waals surface area contributed by atoms with Gasteiger partial charge in [-0.15, -0.1) is 0 Å². The van der Waals surface area contributed by atoms with Crippen LogP contribution in [0.15, 0.2) is 48.5 Å². The monoisotopic (exact) mass is 478 g/mol. The number of nitrogens with two attached hydrogens (primary N) is 1. The zero-order chi connectivity index (χ0) is 24.9. The lowest BCUT2D eigenvalue weighted by Gasteiger charge is -2.31. The van der Waals surface area contributed by atoms with Crippen LogP contribution in [0.25, 0.3) is 0 Å². The van der Waals surface area contributed by atoms with Crippen LogP contribution in [0, 0.1) is 5.92 Å². The molecule has 0 aliphatic carbocycles. The van der Waals surface area contributed by atoms with Crippen molar-refractivity contribution in [2.45, 2.75) is 25.6 Å². The molecule has 1 saturated heterocycles. The lowest BCUT2D eigenvalue weighted by molar-refractivity contribution is -0.203. The normalized spacial score (nSPS) is 14.4. The number of ether oxygens (including phenoxy) is 2. The molecule has 0 aromatic heterocycles. The van der Waals surface area contributed by atoms with E-state index in [2.05, 4.69) is 4.74 Å². The van der Waals surface area contributed by atoms with Crippen molar-refractivity contribution < 1.29 is 41.8 Å². The number of hydrogen-bond acceptors (Lipinski definition) is 7. The van der Waals surface area contributed by atoms with E-state index in [1.54, 1.807) is 36.4 Å². The number of amides is 1. The highest BCUT2D eigenvalue weighted by atomic mass is 19.4. The van der Waals surface area contributed by atoms with Crippen LogP contribution in [-0.4, -0.2) is 48.0 Å². The molecule has 11 heteroatoms. The Labute approximate surface area is 192 Å². The number of hydrogen-bond donors (Lipinski definition) is 1. The summed E-state index contributed by atoms with van der Waals surface area (Å²) in [5.41, 5.74) is 6.34.